The van der Waals surface area contributed by atoms with Gasteiger partial charge in [-0.25, -0.2) is 0 Å². The summed E-state index contributed by atoms with van der Waals surface area (Å²) in [6.07, 6.45) is 11.8. The SMILES string of the molecule is CCCCCCCCCC(CC)c1ccccc1O. The maximum absolute atomic E-state index is 9.91. The molecule has 19 heavy (non-hydrogen) atoms. The van der Waals surface area contributed by atoms with Crippen LogP contribution in [0.15, 0.2) is 24.3 Å². The second kappa shape index (κ2) is 9.89. The standard InChI is InChI=1S/C18H30O/c1-3-5-6-7-8-9-10-13-16(4-2)17-14-11-12-15-18(17)19/h11-12,14-16,19H,3-10,13H2,1-2H3. The van der Waals surface area contributed by atoms with E-state index in [1.807, 2.05) is 18.2 Å². The van der Waals surface area contributed by atoms with Crippen LogP contribution in [0.2, 0.25) is 0 Å². The molecule has 0 heterocycles. The average Bonchev–Trinajstić information content (AvgIpc) is 2.43. The molecule has 0 aliphatic rings. The van der Waals surface area contributed by atoms with Crippen LogP contribution in [-0.2, 0) is 0 Å². The molecule has 0 fully saturated rings. The zero-order chi connectivity index (χ0) is 13.9. The molecule has 108 valence electrons. The number of unbranched alkanes of at least 4 members (excludes halogenated alkanes) is 6. The van der Waals surface area contributed by atoms with Crippen LogP contribution >= 0.6 is 0 Å². The second-order valence-electron chi connectivity index (χ2n) is 5.57. The van der Waals surface area contributed by atoms with Crippen molar-refractivity contribution in [3.8, 4) is 5.75 Å². The van der Waals surface area contributed by atoms with Gasteiger partial charge in [-0.3, -0.25) is 0 Å². The van der Waals surface area contributed by atoms with Crippen LogP contribution in [0.25, 0.3) is 0 Å². The Morgan fingerprint density at radius 3 is 2.16 bits per heavy atom. The van der Waals surface area contributed by atoms with Crippen molar-refractivity contribution in [1.82, 2.24) is 0 Å². The summed E-state index contributed by atoms with van der Waals surface area (Å²) in [6.45, 7) is 4.48. The molecule has 1 aromatic carbocycles. The van der Waals surface area contributed by atoms with Crippen molar-refractivity contribution in [1.29, 1.82) is 0 Å². The highest BCUT2D eigenvalue weighted by Crippen LogP contribution is 2.31. The molecule has 1 nitrogen and oxygen atoms in total. The highest BCUT2D eigenvalue weighted by molar-refractivity contribution is 5.34. The van der Waals surface area contributed by atoms with Crippen molar-refractivity contribution in [3.05, 3.63) is 29.8 Å². The van der Waals surface area contributed by atoms with Gasteiger partial charge in [0.2, 0.25) is 0 Å². The Hall–Kier alpha value is -0.980. The Balaban J connectivity index is 2.24. The first-order chi connectivity index (χ1) is 9.29. The summed E-state index contributed by atoms with van der Waals surface area (Å²) < 4.78 is 0. The molecule has 1 rings (SSSR count). The van der Waals surface area contributed by atoms with E-state index in [2.05, 4.69) is 19.9 Å². The highest BCUT2D eigenvalue weighted by atomic mass is 16.3. The van der Waals surface area contributed by atoms with Crippen molar-refractivity contribution >= 4 is 0 Å². The van der Waals surface area contributed by atoms with Gasteiger partial charge in [-0.05, 0) is 30.4 Å². The van der Waals surface area contributed by atoms with Gasteiger partial charge in [0.05, 0.1) is 0 Å². The molecule has 1 heteroatoms. The van der Waals surface area contributed by atoms with E-state index >= 15 is 0 Å². The van der Waals surface area contributed by atoms with Gasteiger partial charge >= 0.3 is 0 Å². The Morgan fingerprint density at radius 2 is 1.53 bits per heavy atom. The van der Waals surface area contributed by atoms with Crippen LogP contribution in [0.5, 0.6) is 5.75 Å². The van der Waals surface area contributed by atoms with Crippen LogP contribution in [0, 0.1) is 0 Å². The average molecular weight is 262 g/mol. The second-order valence-corrected chi connectivity index (χ2v) is 5.57. The first kappa shape index (κ1) is 16.1. The third-order valence-electron chi connectivity index (χ3n) is 4.03. The molecular weight excluding hydrogens is 232 g/mol. The van der Waals surface area contributed by atoms with Crippen LogP contribution < -0.4 is 0 Å². The van der Waals surface area contributed by atoms with E-state index in [0.717, 1.165) is 12.0 Å². The van der Waals surface area contributed by atoms with E-state index < -0.39 is 0 Å². The number of rotatable bonds is 10. The summed E-state index contributed by atoms with van der Waals surface area (Å²) in [5.74, 6) is 0.995. The third kappa shape index (κ3) is 6.13. The lowest BCUT2D eigenvalue weighted by molar-refractivity contribution is 0.449. The van der Waals surface area contributed by atoms with E-state index in [9.17, 15) is 5.11 Å². The third-order valence-corrected chi connectivity index (χ3v) is 4.03. The van der Waals surface area contributed by atoms with Crippen molar-refractivity contribution in [3.63, 3.8) is 0 Å². The van der Waals surface area contributed by atoms with Crippen molar-refractivity contribution in [2.24, 2.45) is 0 Å². The molecule has 1 unspecified atom stereocenters. The van der Waals surface area contributed by atoms with Gasteiger partial charge < -0.3 is 5.11 Å². The summed E-state index contributed by atoms with van der Waals surface area (Å²) in [6, 6.07) is 7.81. The van der Waals surface area contributed by atoms with Gasteiger partial charge in [-0.15, -0.1) is 0 Å². The zero-order valence-electron chi connectivity index (χ0n) is 12.7. The molecule has 0 saturated heterocycles. The number of aromatic hydroxyl groups is 1. The summed E-state index contributed by atoms with van der Waals surface area (Å²) in [5.41, 5.74) is 1.14. The van der Waals surface area contributed by atoms with Crippen LogP contribution in [-0.4, -0.2) is 5.11 Å². The normalized spacial score (nSPS) is 12.5. The van der Waals surface area contributed by atoms with Gasteiger partial charge in [-0.2, -0.15) is 0 Å². The minimum atomic E-state index is 0.470. The fourth-order valence-electron chi connectivity index (χ4n) is 2.76. The minimum Gasteiger partial charge on any atom is -0.508 e. The molecule has 0 aromatic heterocycles. The van der Waals surface area contributed by atoms with Crippen LogP contribution in [0.3, 0.4) is 0 Å². The van der Waals surface area contributed by atoms with Crippen molar-refractivity contribution in [2.75, 3.05) is 0 Å². The number of phenolic OH excluding ortho intramolecular Hbond substituents is 1. The van der Waals surface area contributed by atoms with E-state index in [4.69, 9.17) is 0 Å². The van der Waals surface area contributed by atoms with E-state index in [0.29, 0.717) is 11.7 Å². The highest BCUT2D eigenvalue weighted by Gasteiger charge is 2.12. The maximum atomic E-state index is 9.91. The minimum absolute atomic E-state index is 0.470. The zero-order valence-corrected chi connectivity index (χ0v) is 12.7. The maximum Gasteiger partial charge on any atom is 0.119 e. The lowest BCUT2D eigenvalue weighted by Gasteiger charge is -2.16. The molecule has 0 aliphatic heterocycles. The lowest BCUT2D eigenvalue weighted by Crippen LogP contribution is -1.98. The fourth-order valence-corrected chi connectivity index (χ4v) is 2.76. The number of hydrogen-bond donors (Lipinski definition) is 1. The Labute approximate surface area is 119 Å². The molecule has 1 aromatic rings. The fraction of sp³-hybridized carbons (Fsp3) is 0.667. The number of hydrogen-bond acceptors (Lipinski definition) is 1. The van der Waals surface area contributed by atoms with Gasteiger partial charge in [0.25, 0.3) is 0 Å². The quantitative estimate of drug-likeness (QED) is 0.511. The molecule has 0 spiro atoms. The molecule has 1 N–H and O–H groups in total. The smallest absolute Gasteiger partial charge is 0.119 e. The van der Waals surface area contributed by atoms with E-state index in [1.54, 1.807) is 0 Å². The lowest BCUT2D eigenvalue weighted by atomic mass is 9.90. The van der Waals surface area contributed by atoms with Crippen LogP contribution in [0.4, 0.5) is 0 Å². The first-order valence-electron chi connectivity index (χ1n) is 8.07. The first-order valence-corrected chi connectivity index (χ1v) is 8.07. The molecule has 0 aliphatic carbocycles. The summed E-state index contributed by atoms with van der Waals surface area (Å²) in [5, 5.41) is 9.91. The number of benzene rings is 1. The monoisotopic (exact) mass is 262 g/mol. The molecule has 0 amide bonds. The van der Waals surface area contributed by atoms with E-state index in [-0.39, 0.29) is 0 Å². The summed E-state index contributed by atoms with van der Waals surface area (Å²) in [4.78, 5) is 0. The largest absolute Gasteiger partial charge is 0.508 e. The molecular formula is C18H30O. The predicted octanol–water partition coefficient (Wildman–Crippen LogP) is 6.03. The molecule has 0 saturated carbocycles. The molecule has 0 radical (unpaired) electrons. The Bertz CT molecular complexity index is 332. The molecule has 0 bridgehead atoms. The Kier molecular flexibility index (Phi) is 8.36. The van der Waals surface area contributed by atoms with Gasteiger partial charge in [0, 0.05) is 0 Å². The van der Waals surface area contributed by atoms with Gasteiger partial charge in [0.15, 0.2) is 0 Å². The summed E-state index contributed by atoms with van der Waals surface area (Å²) >= 11 is 0. The Morgan fingerprint density at radius 1 is 0.895 bits per heavy atom. The van der Waals surface area contributed by atoms with E-state index in [1.165, 1.54) is 51.4 Å². The summed E-state index contributed by atoms with van der Waals surface area (Å²) in [7, 11) is 0. The number of para-hydroxylation sites is 1. The van der Waals surface area contributed by atoms with Crippen LogP contribution in [0.1, 0.15) is 83.1 Å². The van der Waals surface area contributed by atoms with Gasteiger partial charge in [0.1, 0.15) is 5.75 Å². The van der Waals surface area contributed by atoms with Gasteiger partial charge in [-0.1, -0.05) is 77.0 Å². The number of phenols is 1. The topological polar surface area (TPSA) is 20.2 Å². The van der Waals surface area contributed by atoms with Crippen molar-refractivity contribution in [2.45, 2.75) is 77.6 Å². The van der Waals surface area contributed by atoms with Crippen molar-refractivity contribution < 1.29 is 5.11 Å². The molecule has 1 atom stereocenters. The predicted molar refractivity (Wildman–Crippen MR) is 83.7 cm³/mol.